The number of hydrogen-bond donors (Lipinski definition) is 2. The quantitative estimate of drug-likeness (QED) is 0.184. The number of carbonyl (C=O) groups is 1. The van der Waals surface area contributed by atoms with Crippen LogP contribution in [0.15, 0.2) is 12.7 Å². The first-order valence-corrected chi connectivity index (χ1v) is 9.35. The van der Waals surface area contributed by atoms with Gasteiger partial charge in [0.1, 0.15) is 0 Å². The summed E-state index contributed by atoms with van der Waals surface area (Å²) in [6.07, 6.45) is 7.11. The van der Waals surface area contributed by atoms with Crippen molar-refractivity contribution in [2.45, 2.75) is 71.5 Å². The molecule has 130 valence electrons. The van der Waals surface area contributed by atoms with Crippen molar-refractivity contribution < 1.29 is 28.4 Å². The Morgan fingerprint density at radius 1 is 1.27 bits per heavy atom. The average Bonchev–Trinajstić information content (AvgIpc) is 2.44. The minimum Gasteiger partial charge on any atom is -0.429 e. The molecule has 0 aromatic rings. The Hall–Kier alpha value is -0.680. The summed E-state index contributed by atoms with van der Waals surface area (Å²) < 4.78 is 21.3. The van der Waals surface area contributed by atoms with Crippen LogP contribution < -0.4 is 0 Å². The van der Waals surface area contributed by atoms with Crippen molar-refractivity contribution in [2.24, 2.45) is 5.92 Å². The lowest BCUT2D eigenvalue weighted by Gasteiger charge is -2.37. The largest absolute Gasteiger partial charge is 0.472 e. The van der Waals surface area contributed by atoms with Gasteiger partial charge in [0, 0.05) is 18.4 Å². The maximum absolute atomic E-state index is 11.5. The van der Waals surface area contributed by atoms with Crippen molar-refractivity contribution in [3.63, 3.8) is 0 Å². The summed E-state index contributed by atoms with van der Waals surface area (Å²) in [5, 5.41) is 0. The first kappa shape index (κ1) is 21.3. The zero-order valence-electron chi connectivity index (χ0n) is 13.8. The Balaban J connectivity index is 4.90. The van der Waals surface area contributed by atoms with Gasteiger partial charge >= 0.3 is 13.8 Å². The standard InChI is InChI=1S/C15H29O6P/c1-5-8-9-10-11-12-13(4)15(7-3,20-14(16)6-2)21-22(17,18)19/h6,13H,2,5,7-12H2,1,3-4H3,(H2,17,18,19). The number of phosphoric ester groups is 1. The van der Waals surface area contributed by atoms with Gasteiger partial charge in [-0.05, 0) is 6.42 Å². The summed E-state index contributed by atoms with van der Waals surface area (Å²) >= 11 is 0. The third-order valence-corrected chi connectivity index (χ3v) is 4.24. The monoisotopic (exact) mass is 336 g/mol. The molecule has 0 heterocycles. The highest BCUT2D eigenvalue weighted by Crippen LogP contribution is 2.47. The van der Waals surface area contributed by atoms with Crippen LogP contribution in [0.25, 0.3) is 0 Å². The molecule has 0 amide bonds. The Labute approximate surface area is 133 Å². The molecule has 7 heteroatoms. The van der Waals surface area contributed by atoms with E-state index in [2.05, 4.69) is 13.5 Å². The summed E-state index contributed by atoms with van der Waals surface area (Å²) in [5.74, 6) is -2.72. The molecule has 6 nitrogen and oxygen atoms in total. The zero-order chi connectivity index (χ0) is 17.2. The van der Waals surface area contributed by atoms with Crippen LogP contribution in [0.5, 0.6) is 0 Å². The third kappa shape index (κ3) is 8.08. The van der Waals surface area contributed by atoms with Gasteiger partial charge in [-0.2, -0.15) is 0 Å². The first-order valence-electron chi connectivity index (χ1n) is 7.82. The Bertz CT molecular complexity index is 391. The highest BCUT2D eigenvalue weighted by Gasteiger charge is 2.44. The third-order valence-electron chi connectivity index (χ3n) is 3.70. The summed E-state index contributed by atoms with van der Waals surface area (Å²) in [7, 11) is -4.79. The lowest BCUT2D eigenvalue weighted by Crippen LogP contribution is -2.42. The molecule has 0 saturated carbocycles. The van der Waals surface area contributed by atoms with Gasteiger partial charge in [0.2, 0.25) is 5.79 Å². The highest BCUT2D eigenvalue weighted by atomic mass is 31.2. The molecule has 0 aromatic carbocycles. The number of hydrogen-bond acceptors (Lipinski definition) is 4. The molecule has 0 saturated heterocycles. The second kappa shape index (κ2) is 10.2. The average molecular weight is 336 g/mol. The van der Waals surface area contributed by atoms with Gasteiger partial charge in [0.15, 0.2) is 0 Å². The number of phosphoric acid groups is 1. The molecule has 2 unspecified atom stereocenters. The van der Waals surface area contributed by atoms with Crippen molar-refractivity contribution >= 4 is 13.8 Å². The van der Waals surface area contributed by atoms with E-state index in [1.807, 2.05) is 0 Å². The lowest BCUT2D eigenvalue weighted by atomic mass is 9.92. The molecule has 0 aliphatic heterocycles. The molecule has 2 N–H and O–H groups in total. The van der Waals surface area contributed by atoms with E-state index in [1.165, 1.54) is 0 Å². The van der Waals surface area contributed by atoms with E-state index in [4.69, 9.17) is 19.0 Å². The van der Waals surface area contributed by atoms with E-state index in [-0.39, 0.29) is 12.3 Å². The van der Waals surface area contributed by atoms with Crippen LogP contribution in [-0.4, -0.2) is 21.5 Å². The van der Waals surface area contributed by atoms with Crippen molar-refractivity contribution in [1.82, 2.24) is 0 Å². The van der Waals surface area contributed by atoms with Crippen LogP contribution in [0.2, 0.25) is 0 Å². The maximum Gasteiger partial charge on any atom is 0.472 e. The second-order valence-electron chi connectivity index (χ2n) is 5.48. The summed E-state index contributed by atoms with van der Waals surface area (Å²) in [4.78, 5) is 29.8. The fraction of sp³-hybridized carbons (Fsp3) is 0.800. The van der Waals surface area contributed by atoms with E-state index in [0.717, 1.165) is 38.2 Å². The normalized spacial score (nSPS) is 15.9. The zero-order valence-corrected chi connectivity index (χ0v) is 14.7. The highest BCUT2D eigenvalue weighted by molar-refractivity contribution is 7.46. The smallest absolute Gasteiger partial charge is 0.429 e. The predicted molar refractivity (Wildman–Crippen MR) is 85.0 cm³/mol. The molecular formula is C15H29O6P. The maximum atomic E-state index is 11.5. The van der Waals surface area contributed by atoms with Crippen molar-refractivity contribution in [3.05, 3.63) is 12.7 Å². The first-order chi connectivity index (χ1) is 10.2. The number of carbonyl (C=O) groups excluding carboxylic acids is 1. The van der Waals surface area contributed by atoms with E-state index >= 15 is 0 Å². The SMILES string of the molecule is C=CC(=O)OC(CC)(OP(=O)(O)O)C(C)CCCCCCC. The molecule has 0 spiro atoms. The van der Waals surface area contributed by atoms with Crippen LogP contribution >= 0.6 is 7.82 Å². The number of unbranched alkanes of at least 4 members (excludes halogenated alkanes) is 4. The van der Waals surface area contributed by atoms with E-state index in [0.29, 0.717) is 6.42 Å². The summed E-state index contributed by atoms with van der Waals surface area (Å²) in [5.41, 5.74) is 0. The topological polar surface area (TPSA) is 93.1 Å². The summed E-state index contributed by atoms with van der Waals surface area (Å²) in [6.45, 7) is 8.88. The predicted octanol–water partition coefficient (Wildman–Crippen LogP) is 3.93. The molecule has 0 aliphatic carbocycles. The number of rotatable bonds is 12. The van der Waals surface area contributed by atoms with Crippen LogP contribution in [-0.2, 0) is 18.6 Å². The van der Waals surface area contributed by atoms with E-state index < -0.39 is 19.6 Å². The van der Waals surface area contributed by atoms with Crippen molar-refractivity contribution in [2.75, 3.05) is 0 Å². The second-order valence-corrected chi connectivity index (χ2v) is 6.64. The Morgan fingerprint density at radius 3 is 2.32 bits per heavy atom. The van der Waals surface area contributed by atoms with Crippen LogP contribution in [0, 0.1) is 5.92 Å². The van der Waals surface area contributed by atoms with Crippen LogP contribution in [0.3, 0.4) is 0 Å². The van der Waals surface area contributed by atoms with E-state index in [9.17, 15) is 9.36 Å². The molecular weight excluding hydrogens is 307 g/mol. The van der Waals surface area contributed by atoms with Gasteiger partial charge < -0.3 is 14.5 Å². The number of esters is 1. The molecule has 0 bridgehead atoms. The fourth-order valence-electron chi connectivity index (χ4n) is 2.38. The van der Waals surface area contributed by atoms with Crippen LogP contribution in [0.1, 0.15) is 65.7 Å². The van der Waals surface area contributed by atoms with Crippen LogP contribution in [0.4, 0.5) is 0 Å². The number of ether oxygens (including phenoxy) is 1. The molecule has 0 aliphatic rings. The molecule has 2 atom stereocenters. The Kier molecular flexibility index (Phi) is 9.85. The van der Waals surface area contributed by atoms with Gasteiger partial charge in [-0.3, -0.25) is 0 Å². The van der Waals surface area contributed by atoms with Gasteiger partial charge in [-0.25, -0.2) is 13.9 Å². The molecule has 0 fully saturated rings. The minimum atomic E-state index is -4.79. The molecule has 0 rings (SSSR count). The molecule has 0 radical (unpaired) electrons. The molecule has 22 heavy (non-hydrogen) atoms. The van der Waals surface area contributed by atoms with Gasteiger partial charge in [0.05, 0.1) is 0 Å². The Morgan fingerprint density at radius 2 is 1.86 bits per heavy atom. The van der Waals surface area contributed by atoms with Gasteiger partial charge in [0.25, 0.3) is 0 Å². The van der Waals surface area contributed by atoms with Crippen molar-refractivity contribution in [1.29, 1.82) is 0 Å². The van der Waals surface area contributed by atoms with E-state index in [1.54, 1.807) is 13.8 Å². The van der Waals surface area contributed by atoms with Gasteiger partial charge in [-0.1, -0.05) is 59.5 Å². The summed E-state index contributed by atoms with van der Waals surface area (Å²) in [6, 6.07) is 0. The molecule has 0 aromatic heterocycles. The van der Waals surface area contributed by atoms with Crippen molar-refractivity contribution in [3.8, 4) is 0 Å². The van der Waals surface area contributed by atoms with Gasteiger partial charge in [-0.15, -0.1) is 0 Å². The fourth-order valence-corrected chi connectivity index (χ4v) is 3.13. The minimum absolute atomic E-state index is 0.147. The lowest BCUT2D eigenvalue weighted by molar-refractivity contribution is -0.219.